The zero-order valence-electron chi connectivity index (χ0n) is 27.6. The van der Waals surface area contributed by atoms with Crippen LogP contribution in [-0.4, -0.2) is 46.8 Å². The van der Waals surface area contributed by atoms with Crippen LogP contribution in [0.4, 0.5) is 22.7 Å². The number of carbonyl (C=O) groups is 8. The van der Waals surface area contributed by atoms with Crippen molar-refractivity contribution in [2.24, 2.45) is 0 Å². The van der Waals surface area contributed by atoms with Crippen LogP contribution < -0.4 is 21.3 Å². The number of hydrogen-bond donors (Lipinski definition) is 2. The molecule has 0 bridgehead atoms. The smallest absolute Gasteiger partial charge is 0.265 e. The molecule has 2 aliphatic carbocycles. The first-order chi connectivity index (χ1) is 25.9. The maximum atomic E-state index is 14.1. The molecule has 0 aromatic heterocycles. The zero-order valence-corrected chi connectivity index (χ0v) is 27.6. The van der Waals surface area contributed by atoms with E-state index in [1.807, 2.05) is 0 Å². The summed E-state index contributed by atoms with van der Waals surface area (Å²) in [5.41, 5.74) is 13.5. The second-order valence-electron chi connectivity index (χ2n) is 13.3. The Hall–Kier alpha value is -7.86. The highest BCUT2D eigenvalue weighted by atomic mass is 16.2. The lowest BCUT2D eigenvalue weighted by Crippen LogP contribution is -2.43. The van der Waals surface area contributed by atoms with Crippen LogP contribution in [0.15, 0.2) is 97.1 Å². The van der Waals surface area contributed by atoms with Gasteiger partial charge < -0.3 is 11.5 Å². The van der Waals surface area contributed by atoms with E-state index in [9.17, 15) is 38.4 Å². The first-order valence-corrected chi connectivity index (χ1v) is 16.6. The van der Waals surface area contributed by atoms with Crippen LogP contribution in [-0.2, 0) is 0 Å². The lowest BCUT2D eigenvalue weighted by Gasteiger charge is -2.32. The molecule has 0 spiro atoms. The maximum Gasteiger partial charge on any atom is 0.265 e. The van der Waals surface area contributed by atoms with Gasteiger partial charge in [-0.2, -0.15) is 0 Å². The summed E-state index contributed by atoms with van der Waals surface area (Å²) < 4.78 is 0. The molecule has 0 atom stereocenters. The van der Waals surface area contributed by atoms with Gasteiger partial charge in [0.2, 0.25) is 0 Å². The minimum Gasteiger partial charge on any atom is -0.399 e. The molecule has 6 aromatic carbocycles. The van der Waals surface area contributed by atoms with E-state index in [1.54, 1.807) is 0 Å². The molecule has 4 aliphatic rings. The van der Waals surface area contributed by atoms with Crippen molar-refractivity contribution < 1.29 is 38.4 Å². The Kier molecular flexibility index (Phi) is 5.93. The van der Waals surface area contributed by atoms with E-state index in [2.05, 4.69) is 0 Å². The third-order valence-corrected chi connectivity index (χ3v) is 10.5. The Morgan fingerprint density at radius 2 is 0.556 bits per heavy atom. The highest BCUT2D eigenvalue weighted by Gasteiger charge is 2.42. The van der Waals surface area contributed by atoms with Crippen LogP contribution >= 0.6 is 0 Å². The van der Waals surface area contributed by atoms with Gasteiger partial charge in [0.25, 0.3) is 23.6 Å². The number of amides is 4. The Labute approximate surface area is 303 Å². The topological polar surface area (TPSA) is 195 Å². The average molecular weight is 709 g/mol. The number of carbonyl (C=O) groups excluding carboxylic acids is 8. The summed E-state index contributed by atoms with van der Waals surface area (Å²) in [7, 11) is 0. The van der Waals surface area contributed by atoms with Gasteiger partial charge in [0, 0.05) is 88.9 Å². The summed E-state index contributed by atoms with van der Waals surface area (Å²) in [4.78, 5) is 112. The number of nitrogens with two attached hydrogens (primary N) is 2. The molecule has 0 saturated carbocycles. The number of nitrogen functional groups attached to an aromatic ring is 2. The van der Waals surface area contributed by atoms with Crippen molar-refractivity contribution in [1.82, 2.24) is 0 Å². The molecular weight excluding hydrogens is 688 g/mol. The normalized spacial score (nSPS) is 15.4. The predicted molar refractivity (Wildman–Crippen MR) is 195 cm³/mol. The van der Waals surface area contributed by atoms with Gasteiger partial charge in [0.1, 0.15) is 0 Å². The van der Waals surface area contributed by atoms with Gasteiger partial charge >= 0.3 is 0 Å². The van der Waals surface area contributed by atoms with Crippen LogP contribution in [0.3, 0.4) is 0 Å². The van der Waals surface area contributed by atoms with Gasteiger partial charge in [-0.05, 0) is 97.1 Å². The minimum atomic E-state index is -0.763. The third kappa shape index (κ3) is 3.85. The molecule has 12 heteroatoms. The van der Waals surface area contributed by atoms with E-state index in [-0.39, 0.29) is 88.9 Å². The molecule has 256 valence electrons. The second-order valence-corrected chi connectivity index (χ2v) is 13.3. The van der Waals surface area contributed by atoms with Gasteiger partial charge in [0.15, 0.2) is 23.1 Å². The lowest BCUT2D eigenvalue weighted by molar-refractivity contribution is 0.0873. The number of nitrogens with zero attached hydrogens (tertiary/aromatic N) is 2. The van der Waals surface area contributed by atoms with Crippen LogP contribution in [0, 0.1) is 0 Å². The number of benzene rings is 6. The van der Waals surface area contributed by atoms with Crippen molar-refractivity contribution in [2.75, 3.05) is 21.3 Å². The Balaban J connectivity index is 1.04. The summed E-state index contributed by atoms with van der Waals surface area (Å²) in [6.45, 7) is 0. The Morgan fingerprint density at radius 1 is 0.296 bits per heavy atom. The summed E-state index contributed by atoms with van der Waals surface area (Å²) in [6, 6.07) is 22.6. The largest absolute Gasteiger partial charge is 0.399 e. The quantitative estimate of drug-likeness (QED) is 0.179. The maximum absolute atomic E-state index is 14.1. The van der Waals surface area contributed by atoms with Gasteiger partial charge in [-0.3, -0.25) is 38.4 Å². The van der Waals surface area contributed by atoms with E-state index in [1.165, 1.54) is 97.1 Å². The SMILES string of the molecule is Nc1ccc2c(c1)C(=O)c1ccc(N3C(=O)c4ccc5c6c(ccc(c46)C3=O)C(=O)N(c3ccc4c(c3)C(=O)c3ccc(N)cc3C4=O)C5=O)cc1C2=O. The number of imide groups is 2. The summed E-state index contributed by atoms with van der Waals surface area (Å²) >= 11 is 0. The van der Waals surface area contributed by atoms with Crippen molar-refractivity contribution in [2.45, 2.75) is 0 Å². The number of anilines is 4. The third-order valence-electron chi connectivity index (χ3n) is 10.5. The molecule has 0 unspecified atom stereocenters. The standard InChI is InChI=1S/C42H20N4O8/c43-17-1-5-21-29(13-17)35(47)23-7-3-19(15-31(23)37(21)49)45-39(51)25-9-11-27-34-28(12-10-26(33(25)34)40(45)52)42(54)46(41(27)53)20-4-8-24-32(16-20)38(50)22-6-2-18(44)14-30(22)36(24)48/h1-16H,43-44H2. The molecule has 0 fully saturated rings. The molecule has 2 aliphatic heterocycles. The van der Waals surface area contributed by atoms with Gasteiger partial charge in [0.05, 0.1) is 11.4 Å². The van der Waals surface area contributed by atoms with Crippen molar-refractivity contribution in [1.29, 1.82) is 0 Å². The lowest BCUT2D eigenvalue weighted by atomic mass is 9.82. The van der Waals surface area contributed by atoms with E-state index >= 15 is 0 Å². The molecule has 0 radical (unpaired) electrons. The second kappa shape index (κ2) is 10.4. The highest BCUT2D eigenvalue weighted by Crippen LogP contribution is 2.42. The Bertz CT molecular complexity index is 2710. The molecule has 54 heavy (non-hydrogen) atoms. The molecule has 2 heterocycles. The first-order valence-electron chi connectivity index (χ1n) is 16.6. The van der Waals surface area contributed by atoms with E-state index in [0.29, 0.717) is 11.4 Å². The van der Waals surface area contributed by atoms with E-state index < -0.39 is 46.8 Å². The fourth-order valence-electron chi connectivity index (χ4n) is 7.93. The van der Waals surface area contributed by atoms with Gasteiger partial charge in [-0.25, -0.2) is 9.80 Å². The zero-order chi connectivity index (χ0) is 37.5. The number of fused-ring (bicyclic) bond motifs is 4. The molecule has 0 saturated heterocycles. The van der Waals surface area contributed by atoms with Gasteiger partial charge in [-0.15, -0.1) is 0 Å². The first kappa shape index (κ1) is 30.9. The monoisotopic (exact) mass is 708 g/mol. The summed E-state index contributed by atoms with van der Waals surface area (Å²) in [5.74, 6) is -4.83. The molecule has 12 nitrogen and oxygen atoms in total. The van der Waals surface area contributed by atoms with Crippen LogP contribution in [0.1, 0.15) is 105 Å². The van der Waals surface area contributed by atoms with Crippen molar-refractivity contribution >= 4 is 80.3 Å². The fourth-order valence-corrected chi connectivity index (χ4v) is 7.93. The molecular formula is C42H20N4O8. The van der Waals surface area contributed by atoms with Crippen molar-refractivity contribution in [3.8, 4) is 0 Å². The molecule has 4 amide bonds. The van der Waals surface area contributed by atoms with Crippen molar-refractivity contribution in [3.05, 3.63) is 164 Å². The van der Waals surface area contributed by atoms with Crippen LogP contribution in [0.25, 0.3) is 10.8 Å². The summed E-state index contributed by atoms with van der Waals surface area (Å²) in [6.07, 6.45) is 0. The van der Waals surface area contributed by atoms with Crippen molar-refractivity contribution in [3.63, 3.8) is 0 Å². The average Bonchev–Trinajstić information content (AvgIpc) is 3.17. The van der Waals surface area contributed by atoms with Crippen LogP contribution in [0.2, 0.25) is 0 Å². The summed E-state index contributed by atoms with van der Waals surface area (Å²) in [5, 5.41) is 0.242. The van der Waals surface area contributed by atoms with E-state index in [4.69, 9.17) is 11.5 Å². The minimum absolute atomic E-state index is 0.0184. The number of ketones is 4. The van der Waals surface area contributed by atoms with Crippen LogP contribution in [0.5, 0.6) is 0 Å². The molecule has 6 aromatic rings. The molecule has 4 N–H and O–H groups in total. The fraction of sp³-hybridized carbons (Fsp3) is 0. The molecule has 10 rings (SSSR count). The van der Waals surface area contributed by atoms with Gasteiger partial charge in [-0.1, -0.05) is 0 Å². The number of rotatable bonds is 2. The number of hydrogen-bond acceptors (Lipinski definition) is 10. The Morgan fingerprint density at radius 3 is 0.870 bits per heavy atom. The van der Waals surface area contributed by atoms with E-state index in [0.717, 1.165) is 9.80 Å². The predicted octanol–water partition coefficient (Wildman–Crippen LogP) is 5.16. The highest BCUT2D eigenvalue weighted by molar-refractivity contribution is 6.42.